The molecular weight excluding hydrogens is 324 g/mol. The van der Waals surface area contributed by atoms with Gasteiger partial charge in [-0.15, -0.1) is 0 Å². The van der Waals surface area contributed by atoms with Crippen molar-refractivity contribution < 1.29 is 9.53 Å². The average Bonchev–Trinajstić information content (AvgIpc) is 3.22. The first-order valence-electron chi connectivity index (χ1n) is 7.80. The van der Waals surface area contributed by atoms with E-state index in [9.17, 15) is 9.70 Å². The fraction of sp³-hybridized carbons (Fsp3) is 0.312. The molecule has 1 atom stereocenters. The molecule has 0 aliphatic carbocycles. The van der Waals surface area contributed by atoms with E-state index in [2.05, 4.69) is 15.4 Å². The predicted octanol–water partition coefficient (Wildman–Crippen LogP) is 2.12. The number of ether oxygens (including phenoxy) is 1. The van der Waals surface area contributed by atoms with E-state index in [1.807, 2.05) is 20.0 Å². The Morgan fingerprint density at radius 3 is 2.84 bits per heavy atom. The van der Waals surface area contributed by atoms with Crippen molar-refractivity contribution in [2.24, 2.45) is 10.9 Å². The molecule has 0 saturated carbocycles. The van der Waals surface area contributed by atoms with E-state index in [0.29, 0.717) is 23.3 Å². The molecule has 0 bridgehead atoms. The molecular formula is C16H18N6O3. The van der Waals surface area contributed by atoms with Crippen LogP contribution in [0, 0.1) is 4.91 Å². The zero-order valence-corrected chi connectivity index (χ0v) is 13.9. The van der Waals surface area contributed by atoms with Crippen molar-refractivity contribution in [3.05, 3.63) is 46.9 Å². The van der Waals surface area contributed by atoms with E-state index in [4.69, 9.17) is 10.5 Å². The molecule has 25 heavy (non-hydrogen) atoms. The summed E-state index contributed by atoms with van der Waals surface area (Å²) in [5, 5.41) is 11.5. The molecule has 3 heterocycles. The van der Waals surface area contributed by atoms with Crippen molar-refractivity contribution in [2.45, 2.75) is 26.6 Å². The summed E-state index contributed by atoms with van der Waals surface area (Å²) in [6.07, 6.45) is 6.37. The summed E-state index contributed by atoms with van der Waals surface area (Å²) in [6, 6.07) is 1.64. The number of nitrogens with zero attached hydrogens (tertiary/aromatic N) is 5. The maximum atomic E-state index is 11.5. The summed E-state index contributed by atoms with van der Waals surface area (Å²) in [5.41, 5.74) is 8.49. The van der Waals surface area contributed by atoms with Gasteiger partial charge in [-0.1, -0.05) is 5.18 Å². The number of primary amides is 1. The molecule has 3 aromatic rings. The van der Waals surface area contributed by atoms with Crippen molar-refractivity contribution in [3.63, 3.8) is 0 Å². The Labute approximate surface area is 143 Å². The summed E-state index contributed by atoms with van der Waals surface area (Å²) < 4.78 is 8.77. The topological polar surface area (TPSA) is 117 Å². The molecule has 0 spiro atoms. The predicted molar refractivity (Wildman–Crippen MR) is 90.8 cm³/mol. The van der Waals surface area contributed by atoms with Crippen LogP contribution in [0.5, 0.6) is 0 Å². The summed E-state index contributed by atoms with van der Waals surface area (Å²) in [7, 11) is 0. The number of nitrogens with two attached hydrogens (primary N) is 1. The van der Waals surface area contributed by atoms with E-state index in [1.54, 1.807) is 33.9 Å². The Kier molecular flexibility index (Phi) is 4.57. The fourth-order valence-corrected chi connectivity index (χ4v) is 2.74. The van der Waals surface area contributed by atoms with Gasteiger partial charge in [0.1, 0.15) is 12.8 Å². The van der Waals surface area contributed by atoms with Gasteiger partial charge in [0.2, 0.25) is 5.91 Å². The van der Waals surface area contributed by atoms with Gasteiger partial charge >= 0.3 is 0 Å². The molecule has 9 heteroatoms. The summed E-state index contributed by atoms with van der Waals surface area (Å²) in [6.45, 7) is 4.32. The highest BCUT2D eigenvalue weighted by atomic mass is 16.5. The number of hydrogen-bond donors (Lipinski definition) is 1. The van der Waals surface area contributed by atoms with Crippen LogP contribution in [0.25, 0.3) is 16.6 Å². The number of carbonyl (C=O) groups is 1. The highest BCUT2D eigenvalue weighted by molar-refractivity contribution is 5.96. The zero-order valence-electron chi connectivity index (χ0n) is 13.9. The smallest absolute Gasteiger partial charge is 0.250 e. The molecule has 0 aromatic carbocycles. The Morgan fingerprint density at radius 1 is 1.36 bits per heavy atom. The number of amides is 1. The van der Waals surface area contributed by atoms with Gasteiger partial charge in [0.25, 0.3) is 0 Å². The third-order valence-corrected chi connectivity index (χ3v) is 3.91. The first kappa shape index (κ1) is 16.8. The van der Waals surface area contributed by atoms with E-state index >= 15 is 0 Å². The molecule has 2 N–H and O–H groups in total. The van der Waals surface area contributed by atoms with Crippen molar-refractivity contribution in [2.75, 3.05) is 6.61 Å². The first-order chi connectivity index (χ1) is 12.0. The Bertz CT molecular complexity index is 929. The van der Waals surface area contributed by atoms with Crippen LogP contribution in [0.15, 0.2) is 36.0 Å². The minimum atomic E-state index is -0.549. The Balaban J connectivity index is 2.16. The normalized spacial score (nSPS) is 12.4. The summed E-state index contributed by atoms with van der Waals surface area (Å²) >= 11 is 0. The van der Waals surface area contributed by atoms with Gasteiger partial charge in [-0.3, -0.25) is 4.79 Å². The van der Waals surface area contributed by atoms with Gasteiger partial charge in [0.15, 0.2) is 0 Å². The maximum absolute atomic E-state index is 11.5. The van der Waals surface area contributed by atoms with Crippen molar-refractivity contribution in [3.8, 4) is 11.1 Å². The number of nitroso groups, excluding NO2 is 1. The lowest BCUT2D eigenvalue weighted by atomic mass is 10.0. The second-order valence-corrected chi connectivity index (χ2v) is 5.52. The lowest BCUT2D eigenvalue weighted by Crippen LogP contribution is -2.09. The number of fused-ring (bicyclic) bond motifs is 1. The number of carbonyl (C=O) groups excluding carboxylic acids is 1. The molecule has 3 rings (SSSR count). The molecule has 3 aromatic heterocycles. The van der Waals surface area contributed by atoms with Crippen LogP contribution in [0.3, 0.4) is 0 Å². The van der Waals surface area contributed by atoms with E-state index < -0.39 is 5.91 Å². The van der Waals surface area contributed by atoms with Gasteiger partial charge < -0.3 is 10.5 Å². The maximum Gasteiger partial charge on any atom is 0.250 e. The van der Waals surface area contributed by atoms with Crippen LogP contribution in [0.1, 0.15) is 36.0 Å². The van der Waals surface area contributed by atoms with Crippen LogP contribution < -0.4 is 5.73 Å². The first-order valence-corrected chi connectivity index (χ1v) is 7.80. The minimum absolute atomic E-state index is 0.0396. The standard InChI is InChI=1S/C16H18N6O3/c1-3-25-10(2)21-9-13(6-18-21)15-12(7-20-24)5-19-22-8-11(16(17)23)4-14(15)22/h4-6,8-10H,3,7H2,1-2H3,(H2,17,23). The van der Waals surface area contributed by atoms with Gasteiger partial charge in [0, 0.05) is 35.7 Å². The number of aromatic nitrogens is 4. The summed E-state index contributed by atoms with van der Waals surface area (Å²) in [5.74, 6) is -0.549. The highest BCUT2D eigenvalue weighted by Crippen LogP contribution is 2.30. The lowest BCUT2D eigenvalue weighted by molar-refractivity contribution is 0.0160. The monoisotopic (exact) mass is 342 g/mol. The van der Waals surface area contributed by atoms with Gasteiger partial charge in [0.05, 0.1) is 23.5 Å². The fourth-order valence-electron chi connectivity index (χ4n) is 2.74. The molecule has 0 saturated heterocycles. The van der Waals surface area contributed by atoms with Crippen LogP contribution in [-0.2, 0) is 11.3 Å². The Hall–Kier alpha value is -3.07. The SMILES string of the molecule is CCOC(C)n1cc(-c2c(CN=O)cnn3cc(C(N)=O)cc23)cn1. The third kappa shape index (κ3) is 3.13. The molecule has 130 valence electrons. The highest BCUT2D eigenvalue weighted by Gasteiger charge is 2.17. The van der Waals surface area contributed by atoms with Gasteiger partial charge in [-0.25, -0.2) is 9.20 Å². The molecule has 0 aliphatic rings. The molecule has 0 radical (unpaired) electrons. The van der Waals surface area contributed by atoms with Crippen molar-refractivity contribution >= 4 is 11.4 Å². The molecule has 1 amide bonds. The van der Waals surface area contributed by atoms with E-state index in [-0.39, 0.29) is 12.8 Å². The minimum Gasteiger partial charge on any atom is -0.366 e. The molecule has 0 fully saturated rings. The van der Waals surface area contributed by atoms with Gasteiger partial charge in [-0.05, 0) is 19.9 Å². The summed E-state index contributed by atoms with van der Waals surface area (Å²) in [4.78, 5) is 22.3. The van der Waals surface area contributed by atoms with Crippen LogP contribution >= 0.6 is 0 Å². The third-order valence-electron chi connectivity index (χ3n) is 3.91. The van der Waals surface area contributed by atoms with E-state index in [0.717, 1.165) is 11.1 Å². The van der Waals surface area contributed by atoms with Gasteiger partial charge in [-0.2, -0.15) is 15.1 Å². The quantitative estimate of drug-likeness (QED) is 0.660. The Morgan fingerprint density at radius 2 is 2.16 bits per heavy atom. The lowest BCUT2D eigenvalue weighted by Gasteiger charge is -2.11. The second kappa shape index (κ2) is 6.81. The molecule has 1 unspecified atom stereocenters. The van der Waals surface area contributed by atoms with Crippen LogP contribution in [0.2, 0.25) is 0 Å². The molecule has 9 nitrogen and oxygen atoms in total. The van der Waals surface area contributed by atoms with Crippen LogP contribution in [-0.4, -0.2) is 31.9 Å². The van der Waals surface area contributed by atoms with Crippen molar-refractivity contribution in [1.29, 1.82) is 0 Å². The largest absolute Gasteiger partial charge is 0.366 e. The van der Waals surface area contributed by atoms with Crippen molar-refractivity contribution in [1.82, 2.24) is 19.4 Å². The second-order valence-electron chi connectivity index (χ2n) is 5.52. The molecule has 0 aliphatic heterocycles. The average molecular weight is 342 g/mol. The number of hydrogen-bond acceptors (Lipinski definition) is 6. The van der Waals surface area contributed by atoms with Crippen LogP contribution in [0.4, 0.5) is 0 Å². The van der Waals surface area contributed by atoms with E-state index in [1.165, 1.54) is 0 Å². The zero-order chi connectivity index (χ0) is 18.0. The number of rotatable bonds is 7.